The summed E-state index contributed by atoms with van der Waals surface area (Å²) in [5.74, 6) is 1.92. The molecule has 0 aliphatic heterocycles. The minimum absolute atomic E-state index is 0.632. The van der Waals surface area contributed by atoms with Crippen LogP contribution in [0, 0.1) is 11.3 Å². The SMILES string of the molecule is C=CC/C(=C\C=C(/C)c1ccc2c(-c3cccc(-c4nc(-c5ccccc5)nc(-c5ccccc5)n4)c3)cccc2c1)c1ccc(C#N)cc1. The molecule has 0 saturated heterocycles. The molecule has 0 radical (unpaired) electrons. The van der Waals surface area contributed by atoms with Crippen molar-refractivity contribution in [2.24, 2.45) is 0 Å². The molecule has 0 aliphatic carbocycles. The zero-order valence-corrected chi connectivity index (χ0v) is 27.8. The van der Waals surface area contributed by atoms with Crippen molar-refractivity contribution in [1.29, 1.82) is 5.26 Å². The number of aromatic nitrogens is 3. The van der Waals surface area contributed by atoms with E-state index in [1.807, 2.05) is 91.0 Å². The molecule has 4 nitrogen and oxygen atoms in total. The molecule has 0 spiro atoms. The lowest BCUT2D eigenvalue weighted by Gasteiger charge is -2.12. The van der Waals surface area contributed by atoms with Crippen LogP contribution >= 0.6 is 0 Å². The summed E-state index contributed by atoms with van der Waals surface area (Å²) in [7, 11) is 0. The molecule has 1 aromatic heterocycles. The Hall–Kier alpha value is -6.70. The van der Waals surface area contributed by atoms with Crippen LogP contribution in [0.2, 0.25) is 0 Å². The van der Waals surface area contributed by atoms with Gasteiger partial charge in [-0.2, -0.15) is 5.26 Å². The maximum absolute atomic E-state index is 9.18. The normalized spacial score (nSPS) is 11.7. The van der Waals surface area contributed by atoms with Gasteiger partial charge in [-0.1, -0.05) is 140 Å². The molecule has 0 bridgehead atoms. The number of benzene rings is 6. The first-order chi connectivity index (χ1) is 24.6. The standard InChI is InChI=1S/C46H34N4/c1-3-12-34(35-25-22-33(31-47)23-26-35)24-21-32(2)38-27-28-43-39(29-38)18-11-20-42(43)40-17-10-19-41(30-40)46-49-44(36-13-6-4-7-14-36)48-45(50-46)37-15-8-5-9-16-37/h3-11,13-30H,1,12H2,2H3/b32-21+,34-24+. The Labute approximate surface area is 293 Å². The van der Waals surface area contributed by atoms with Crippen molar-refractivity contribution in [2.75, 3.05) is 0 Å². The lowest BCUT2D eigenvalue weighted by atomic mass is 9.94. The fraction of sp³-hybridized carbons (Fsp3) is 0.0435. The molecular weight excluding hydrogens is 609 g/mol. The van der Waals surface area contributed by atoms with E-state index >= 15 is 0 Å². The van der Waals surface area contributed by atoms with Gasteiger partial charge in [0.05, 0.1) is 11.6 Å². The van der Waals surface area contributed by atoms with Gasteiger partial charge in [-0.25, -0.2) is 15.0 Å². The molecule has 238 valence electrons. The highest BCUT2D eigenvalue weighted by atomic mass is 15.0. The van der Waals surface area contributed by atoms with Crippen LogP contribution in [-0.4, -0.2) is 15.0 Å². The molecule has 4 heteroatoms. The lowest BCUT2D eigenvalue weighted by molar-refractivity contribution is 1.07. The van der Waals surface area contributed by atoms with Crippen LogP contribution in [-0.2, 0) is 0 Å². The summed E-state index contributed by atoms with van der Waals surface area (Å²) in [5, 5.41) is 11.5. The molecule has 50 heavy (non-hydrogen) atoms. The zero-order valence-electron chi connectivity index (χ0n) is 27.8. The highest BCUT2D eigenvalue weighted by Crippen LogP contribution is 2.33. The molecule has 6 aromatic carbocycles. The van der Waals surface area contributed by atoms with Crippen molar-refractivity contribution in [3.05, 3.63) is 187 Å². The van der Waals surface area contributed by atoms with Gasteiger partial charge in [0.1, 0.15) is 0 Å². The average Bonchev–Trinajstić information content (AvgIpc) is 3.19. The van der Waals surface area contributed by atoms with Crippen molar-refractivity contribution >= 4 is 21.9 Å². The van der Waals surface area contributed by atoms with Crippen LogP contribution in [0.3, 0.4) is 0 Å². The second kappa shape index (κ2) is 14.6. The molecular formula is C46H34N4. The number of rotatable bonds is 9. The van der Waals surface area contributed by atoms with Crippen LogP contribution in [0.1, 0.15) is 30.0 Å². The van der Waals surface area contributed by atoms with Crippen LogP contribution in [0.5, 0.6) is 0 Å². The van der Waals surface area contributed by atoms with E-state index in [4.69, 9.17) is 15.0 Å². The number of fused-ring (bicyclic) bond motifs is 1. The van der Waals surface area contributed by atoms with Crippen LogP contribution in [0.25, 0.3) is 67.2 Å². The maximum atomic E-state index is 9.18. The van der Waals surface area contributed by atoms with Gasteiger partial charge in [0.25, 0.3) is 0 Å². The minimum atomic E-state index is 0.632. The van der Waals surface area contributed by atoms with Crippen molar-refractivity contribution < 1.29 is 0 Å². The molecule has 0 aliphatic rings. The zero-order chi connectivity index (χ0) is 34.3. The number of nitriles is 1. The maximum Gasteiger partial charge on any atom is 0.164 e. The van der Waals surface area contributed by atoms with Crippen LogP contribution in [0.4, 0.5) is 0 Å². The predicted octanol–water partition coefficient (Wildman–Crippen LogP) is 11.6. The number of hydrogen-bond donors (Lipinski definition) is 0. The van der Waals surface area contributed by atoms with Crippen molar-refractivity contribution in [1.82, 2.24) is 15.0 Å². The minimum Gasteiger partial charge on any atom is -0.208 e. The van der Waals surface area contributed by atoms with E-state index in [0.717, 1.165) is 56.5 Å². The molecule has 0 atom stereocenters. The van der Waals surface area contributed by atoms with Gasteiger partial charge < -0.3 is 0 Å². The number of hydrogen-bond acceptors (Lipinski definition) is 4. The van der Waals surface area contributed by atoms with Crippen LogP contribution in [0.15, 0.2) is 170 Å². The van der Waals surface area contributed by atoms with E-state index in [1.165, 1.54) is 10.8 Å². The fourth-order valence-electron chi connectivity index (χ4n) is 6.06. The molecule has 0 saturated carbocycles. The van der Waals surface area contributed by atoms with Crippen molar-refractivity contribution in [3.8, 4) is 51.4 Å². The summed E-state index contributed by atoms with van der Waals surface area (Å²) in [4.78, 5) is 14.7. The number of allylic oxidation sites excluding steroid dienone is 5. The molecule has 0 N–H and O–H groups in total. The Bertz CT molecular complexity index is 2360. The molecule has 7 aromatic rings. The Morgan fingerprint density at radius 1 is 0.600 bits per heavy atom. The third-order valence-electron chi connectivity index (χ3n) is 8.75. The predicted molar refractivity (Wildman–Crippen MR) is 207 cm³/mol. The van der Waals surface area contributed by atoms with Gasteiger partial charge in [-0.05, 0) is 81.8 Å². The van der Waals surface area contributed by atoms with Crippen LogP contribution < -0.4 is 0 Å². The monoisotopic (exact) mass is 642 g/mol. The Morgan fingerprint density at radius 3 is 1.82 bits per heavy atom. The second-order valence-electron chi connectivity index (χ2n) is 12.1. The van der Waals surface area contributed by atoms with Gasteiger partial charge in [0.2, 0.25) is 0 Å². The van der Waals surface area contributed by atoms with Gasteiger partial charge in [0.15, 0.2) is 17.5 Å². The summed E-state index contributed by atoms with van der Waals surface area (Å²) < 4.78 is 0. The summed E-state index contributed by atoms with van der Waals surface area (Å²) in [6.45, 7) is 6.08. The average molecular weight is 643 g/mol. The van der Waals surface area contributed by atoms with E-state index in [-0.39, 0.29) is 0 Å². The fourth-order valence-corrected chi connectivity index (χ4v) is 6.06. The largest absolute Gasteiger partial charge is 0.208 e. The van der Waals surface area contributed by atoms with Crippen molar-refractivity contribution in [3.63, 3.8) is 0 Å². The highest BCUT2D eigenvalue weighted by molar-refractivity contribution is 5.98. The first-order valence-electron chi connectivity index (χ1n) is 16.6. The smallest absolute Gasteiger partial charge is 0.164 e. The van der Waals surface area contributed by atoms with E-state index in [1.54, 1.807) is 0 Å². The van der Waals surface area contributed by atoms with Gasteiger partial charge in [0, 0.05) is 16.7 Å². The Kier molecular flexibility index (Phi) is 9.31. The third kappa shape index (κ3) is 6.94. The second-order valence-corrected chi connectivity index (χ2v) is 12.1. The Balaban J connectivity index is 1.23. The number of nitrogens with zero attached hydrogens (tertiary/aromatic N) is 4. The quantitative estimate of drug-likeness (QED) is 0.116. The van der Waals surface area contributed by atoms with Gasteiger partial charge in [-0.15, -0.1) is 6.58 Å². The summed E-state index contributed by atoms with van der Waals surface area (Å²) in [5.41, 5.74) is 10.3. The molecule has 1 heterocycles. The molecule has 7 rings (SSSR count). The first kappa shape index (κ1) is 31.9. The Morgan fingerprint density at radius 2 is 1.18 bits per heavy atom. The van der Waals surface area contributed by atoms with E-state index in [9.17, 15) is 5.26 Å². The van der Waals surface area contributed by atoms with E-state index in [0.29, 0.717) is 23.0 Å². The summed E-state index contributed by atoms with van der Waals surface area (Å²) in [6.07, 6.45) is 6.96. The van der Waals surface area contributed by atoms with Gasteiger partial charge >= 0.3 is 0 Å². The van der Waals surface area contributed by atoms with E-state index < -0.39 is 0 Å². The third-order valence-corrected chi connectivity index (χ3v) is 8.75. The molecule has 0 unspecified atom stereocenters. The highest BCUT2D eigenvalue weighted by Gasteiger charge is 2.14. The summed E-state index contributed by atoms with van der Waals surface area (Å²) >= 11 is 0. The molecule has 0 fully saturated rings. The topological polar surface area (TPSA) is 62.5 Å². The molecule has 0 amide bonds. The lowest BCUT2D eigenvalue weighted by Crippen LogP contribution is -2.00. The first-order valence-corrected chi connectivity index (χ1v) is 16.6. The van der Waals surface area contributed by atoms with Crippen molar-refractivity contribution in [2.45, 2.75) is 13.3 Å². The van der Waals surface area contributed by atoms with Gasteiger partial charge in [-0.3, -0.25) is 0 Å². The summed E-state index contributed by atoms with van der Waals surface area (Å²) in [6, 6.07) is 51.5. The van der Waals surface area contributed by atoms with E-state index in [2.05, 4.69) is 92.4 Å².